The number of likely N-dealkylation sites (N-methyl/N-ethyl adjacent to an activating group) is 1. The van der Waals surface area contributed by atoms with Gasteiger partial charge in [-0.05, 0) is 0 Å². The minimum absolute atomic E-state index is 0.781. The summed E-state index contributed by atoms with van der Waals surface area (Å²) in [4.78, 5) is 2.30. The molecule has 1 aromatic carbocycles. The second-order valence-corrected chi connectivity index (χ2v) is 17.2. The quantitative estimate of drug-likeness (QED) is 0.673. The van der Waals surface area contributed by atoms with Crippen molar-refractivity contribution in [2.75, 3.05) is 19.6 Å². The number of fused-ring (bicyclic) bond motifs is 1. The number of rotatable bonds is 4. The molecule has 1 heterocycles. The van der Waals surface area contributed by atoms with Crippen LogP contribution in [0.4, 0.5) is 0 Å². The van der Waals surface area contributed by atoms with E-state index >= 15 is 0 Å². The van der Waals surface area contributed by atoms with Crippen molar-refractivity contribution in [3.05, 3.63) is 33.4 Å². The third kappa shape index (κ3) is 2.57. The third-order valence-electron chi connectivity index (χ3n) is 3.22. The van der Waals surface area contributed by atoms with Crippen LogP contribution in [-0.4, -0.2) is 40.5 Å². The molecule has 0 bridgehead atoms. The van der Waals surface area contributed by atoms with Crippen molar-refractivity contribution >= 4 is 54.1 Å². The minimum atomic E-state index is -3.18. The summed E-state index contributed by atoms with van der Waals surface area (Å²) < 4.78 is 2.16. The molecule has 5 heteroatoms. The Balaban J connectivity index is 2.40. The molecule has 0 aromatic heterocycles. The summed E-state index contributed by atoms with van der Waals surface area (Å²) >= 11 is 3.30. The van der Waals surface area contributed by atoms with Crippen LogP contribution in [0.3, 0.4) is 0 Å². The average Bonchev–Trinajstić information content (AvgIpc) is 2.57. The Morgan fingerprint density at radius 1 is 1.11 bits per heavy atom. The van der Waals surface area contributed by atoms with Crippen LogP contribution in [0.25, 0.3) is 5.03 Å². The molecule has 1 nitrogen and oxygen atoms in total. The summed E-state index contributed by atoms with van der Waals surface area (Å²) in [6.07, 6.45) is 0. The number of nitrogens with zero attached hydrogens (tertiary/aromatic N) is 1. The van der Waals surface area contributed by atoms with Crippen molar-refractivity contribution in [1.82, 2.24) is 4.90 Å². The zero-order valence-corrected chi connectivity index (χ0v) is 15.0. The van der Waals surface area contributed by atoms with E-state index in [1.54, 1.807) is 0 Å². The molecule has 0 unspecified atom stereocenters. The van der Waals surface area contributed by atoms with Crippen LogP contribution in [-0.2, 0) is 0 Å². The van der Waals surface area contributed by atoms with Gasteiger partial charge in [-0.15, -0.1) is 0 Å². The molecule has 0 radical (unpaired) electrons. The van der Waals surface area contributed by atoms with E-state index < -0.39 is 15.9 Å². The molecule has 0 N–H and O–H groups in total. The van der Waals surface area contributed by atoms with Crippen LogP contribution < -0.4 is 3.61 Å². The van der Waals surface area contributed by atoms with Crippen LogP contribution in [0.2, 0.25) is 0 Å². The Labute approximate surface area is 125 Å². The van der Waals surface area contributed by atoms with Gasteiger partial charge in [-0.1, -0.05) is 0 Å². The first kappa shape index (κ1) is 15.0. The SMILES string of the molecule is CCN(CC)CC1=C(Cl)c2ccccc2[Te]1(Cl)Cl. The van der Waals surface area contributed by atoms with Crippen LogP contribution in [0, 0.1) is 0 Å². The molecule has 0 fully saturated rings. The van der Waals surface area contributed by atoms with E-state index in [9.17, 15) is 0 Å². The predicted octanol–water partition coefficient (Wildman–Crippen LogP) is 3.66. The van der Waals surface area contributed by atoms with Gasteiger partial charge < -0.3 is 0 Å². The fourth-order valence-electron chi connectivity index (χ4n) is 2.07. The van der Waals surface area contributed by atoms with Gasteiger partial charge in [0, 0.05) is 0 Å². The van der Waals surface area contributed by atoms with E-state index in [4.69, 9.17) is 29.5 Å². The molecule has 0 amide bonds. The van der Waals surface area contributed by atoms with Crippen molar-refractivity contribution in [3.8, 4) is 0 Å². The first-order valence-corrected chi connectivity index (χ1v) is 14.6. The van der Waals surface area contributed by atoms with Gasteiger partial charge in [0.05, 0.1) is 0 Å². The predicted molar refractivity (Wildman–Crippen MR) is 84.1 cm³/mol. The number of hydrogen-bond acceptors (Lipinski definition) is 1. The van der Waals surface area contributed by atoms with Gasteiger partial charge in [0.1, 0.15) is 0 Å². The van der Waals surface area contributed by atoms with E-state index in [0.29, 0.717) is 0 Å². The summed E-state index contributed by atoms with van der Waals surface area (Å²) in [6, 6.07) is 8.00. The molecule has 0 atom stereocenters. The van der Waals surface area contributed by atoms with Crippen LogP contribution >= 0.6 is 29.5 Å². The van der Waals surface area contributed by atoms with Crippen LogP contribution in [0.5, 0.6) is 0 Å². The molecule has 1 aliphatic rings. The molecule has 0 spiro atoms. The fraction of sp³-hybridized carbons (Fsp3) is 0.385. The summed E-state index contributed by atoms with van der Waals surface area (Å²) in [5, 5.41) is 0.781. The van der Waals surface area contributed by atoms with Crippen molar-refractivity contribution in [3.63, 3.8) is 0 Å². The maximum atomic E-state index is 6.70. The maximum absolute atomic E-state index is 6.70. The number of benzene rings is 1. The van der Waals surface area contributed by atoms with Crippen LogP contribution in [0.15, 0.2) is 27.9 Å². The van der Waals surface area contributed by atoms with Gasteiger partial charge in [-0.3, -0.25) is 0 Å². The van der Waals surface area contributed by atoms with Crippen molar-refractivity contribution in [2.24, 2.45) is 0 Å². The molecular formula is C13H16Cl3NTe. The molecule has 18 heavy (non-hydrogen) atoms. The molecule has 100 valence electrons. The number of halogens is 3. The van der Waals surface area contributed by atoms with E-state index in [1.165, 1.54) is 0 Å². The Kier molecular flexibility index (Phi) is 4.92. The summed E-state index contributed by atoms with van der Waals surface area (Å²) in [7, 11) is 13.4. The zero-order chi connectivity index (χ0) is 13.3. The van der Waals surface area contributed by atoms with Crippen molar-refractivity contribution < 1.29 is 0 Å². The monoisotopic (exact) mass is 421 g/mol. The van der Waals surface area contributed by atoms with Gasteiger partial charge in [-0.2, -0.15) is 0 Å². The summed E-state index contributed by atoms with van der Waals surface area (Å²) in [5.74, 6) is 0. The Morgan fingerprint density at radius 3 is 2.28 bits per heavy atom. The molecule has 1 aromatic rings. The Bertz CT molecular complexity index is 481. The zero-order valence-electron chi connectivity index (χ0n) is 10.4. The molecular weight excluding hydrogens is 404 g/mol. The van der Waals surface area contributed by atoms with E-state index in [2.05, 4.69) is 18.7 Å². The second-order valence-electron chi connectivity index (χ2n) is 4.16. The molecule has 1 aliphatic heterocycles. The number of hydrogen-bond donors (Lipinski definition) is 0. The molecule has 2 rings (SSSR count). The molecule has 0 saturated carbocycles. The molecule has 0 saturated heterocycles. The van der Waals surface area contributed by atoms with E-state index in [-0.39, 0.29) is 0 Å². The standard InChI is InChI=1S/C13H16Cl3NTe/c1-3-17(4-2)9-12-13(14)10-7-5-6-8-11(10)18(12,15)16/h5-8H,3-4,9H2,1-2H3. The topological polar surface area (TPSA) is 3.24 Å². The fourth-order valence-corrected chi connectivity index (χ4v) is 12.0. The van der Waals surface area contributed by atoms with Gasteiger partial charge >= 0.3 is 126 Å². The summed E-state index contributed by atoms with van der Waals surface area (Å²) in [5.41, 5.74) is 1.03. The van der Waals surface area contributed by atoms with Gasteiger partial charge in [0.2, 0.25) is 0 Å². The van der Waals surface area contributed by atoms with E-state index in [1.807, 2.05) is 24.3 Å². The summed E-state index contributed by atoms with van der Waals surface area (Å²) in [6.45, 7) is 7.02. The van der Waals surface area contributed by atoms with Gasteiger partial charge in [0.15, 0.2) is 0 Å². The second kappa shape index (κ2) is 5.92. The Morgan fingerprint density at radius 2 is 1.72 bits per heavy atom. The van der Waals surface area contributed by atoms with Crippen molar-refractivity contribution in [2.45, 2.75) is 13.8 Å². The van der Waals surface area contributed by atoms with E-state index in [0.717, 1.165) is 37.5 Å². The van der Waals surface area contributed by atoms with Gasteiger partial charge in [-0.25, -0.2) is 0 Å². The van der Waals surface area contributed by atoms with Crippen molar-refractivity contribution in [1.29, 1.82) is 0 Å². The first-order chi connectivity index (χ1) is 8.52. The molecule has 0 aliphatic carbocycles. The third-order valence-corrected chi connectivity index (χ3v) is 14.0. The normalized spacial score (nSPS) is 19.2. The first-order valence-electron chi connectivity index (χ1n) is 5.95. The average molecular weight is 420 g/mol. The Hall–Kier alpha value is 0.580. The van der Waals surface area contributed by atoms with Gasteiger partial charge in [0.25, 0.3) is 0 Å². The van der Waals surface area contributed by atoms with Crippen LogP contribution in [0.1, 0.15) is 19.4 Å².